The Bertz CT molecular complexity index is 1260. The highest BCUT2D eigenvalue weighted by atomic mass is 16.8. The highest BCUT2D eigenvalue weighted by Gasteiger charge is 2.55. The van der Waals surface area contributed by atoms with Gasteiger partial charge < -0.3 is 103 Å². The number of nitrogens with two attached hydrogens (primary N) is 5. The molecule has 9 unspecified atom stereocenters. The van der Waals surface area contributed by atoms with Gasteiger partial charge in [-0.1, -0.05) is 18.2 Å². The Morgan fingerprint density at radius 1 is 0.686 bits per heavy atom. The molecule has 1 aliphatic carbocycles. The number of nitrogens with one attached hydrogen (secondary N) is 2. The molecule has 3 aliphatic heterocycles. The first kappa shape index (κ1) is 40.0. The summed E-state index contributed by atoms with van der Waals surface area (Å²) in [5, 5.41) is 80.2. The summed E-state index contributed by atoms with van der Waals surface area (Å²) in [4.78, 5) is 12.9. The van der Waals surface area contributed by atoms with Crippen LogP contribution in [0.15, 0.2) is 30.3 Å². The van der Waals surface area contributed by atoms with Crippen molar-refractivity contribution in [2.75, 3.05) is 25.0 Å². The smallest absolute Gasteiger partial charge is 0.319 e. The van der Waals surface area contributed by atoms with E-state index in [1.807, 2.05) is 0 Å². The lowest BCUT2D eigenvalue weighted by molar-refractivity contribution is -0.307. The SMILES string of the molecule is NCC1O[C@H](O[C@@H]2C(N)C[C@@H](N)C(O)C2O[C@@H]2O[C@H](CO)[C@H](O[C@H]3OC(CN)[C@@H](O)C(O)C3NC(=O)Nc3ccccc3)[C@@H]2O)C(N)C(O)[C@@H]1O. The maximum absolute atomic E-state index is 12.9. The number of aliphatic hydroxyl groups is 7. The standard InChI is InChI=1S/C30H51N7O14/c31-7-13-19(40)21(42)16(35)27(46-13)49-24-12(34)6-11(33)18(39)26(24)51-29-23(44)25(15(9-38)48-29)50-28-17(22(43)20(41)14(8-32)47-28)37-30(45)36-10-4-2-1-3-5-10/h1-5,11-29,38-44H,6-9,31-35H2,(H2,36,37,45)/t11-,12?,13?,14?,15-,16?,17?,18?,19-,20-,21?,22?,23+,24-,25+,26?,27-,28-,29+/m1/s1. The van der Waals surface area contributed by atoms with Gasteiger partial charge >= 0.3 is 6.03 Å². The summed E-state index contributed by atoms with van der Waals surface area (Å²) in [7, 11) is 0. The molecule has 19 atom stereocenters. The zero-order chi connectivity index (χ0) is 37.1. The Balaban J connectivity index is 1.32. The predicted molar refractivity (Wildman–Crippen MR) is 173 cm³/mol. The molecule has 3 saturated heterocycles. The van der Waals surface area contributed by atoms with E-state index in [-0.39, 0.29) is 19.5 Å². The molecular weight excluding hydrogens is 682 g/mol. The van der Waals surface area contributed by atoms with Gasteiger partial charge in [0.1, 0.15) is 73.2 Å². The number of hydrogen-bond donors (Lipinski definition) is 14. The minimum absolute atomic E-state index is 0.0555. The molecule has 3 heterocycles. The average molecular weight is 734 g/mol. The van der Waals surface area contributed by atoms with Crippen LogP contribution in [-0.4, -0.2) is 178 Å². The molecule has 51 heavy (non-hydrogen) atoms. The van der Waals surface area contributed by atoms with E-state index in [0.29, 0.717) is 5.69 Å². The molecule has 21 nitrogen and oxygen atoms in total. The number of hydrogen-bond acceptors (Lipinski definition) is 19. The van der Waals surface area contributed by atoms with E-state index in [1.165, 1.54) is 0 Å². The zero-order valence-corrected chi connectivity index (χ0v) is 27.6. The minimum Gasteiger partial charge on any atom is -0.394 e. The average Bonchev–Trinajstić information content (AvgIpc) is 3.41. The number of para-hydroxylation sites is 1. The number of carbonyl (C=O) groups is 1. The molecular formula is C30H51N7O14. The van der Waals surface area contributed by atoms with E-state index in [9.17, 15) is 40.5 Å². The fraction of sp³-hybridized carbons (Fsp3) is 0.767. The van der Waals surface area contributed by atoms with Crippen LogP contribution in [0.1, 0.15) is 6.42 Å². The summed E-state index contributed by atoms with van der Waals surface area (Å²) in [6.45, 7) is -1.15. The summed E-state index contributed by atoms with van der Waals surface area (Å²) in [6, 6.07) is 3.11. The third-order valence-corrected chi connectivity index (χ3v) is 9.65. The maximum Gasteiger partial charge on any atom is 0.319 e. The monoisotopic (exact) mass is 733 g/mol. The summed E-state index contributed by atoms with van der Waals surface area (Å²) in [5.74, 6) is 0. The number of rotatable bonds is 11. The largest absolute Gasteiger partial charge is 0.394 e. The third-order valence-electron chi connectivity index (χ3n) is 9.65. The van der Waals surface area contributed by atoms with Crippen molar-refractivity contribution in [3.63, 3.8) is 0 Å². The second kappa shape index (κ2) is 17.3. The Hall–Kier alpha value is -2.23. The van der Waals surface area contributed by atoms with Crippen molar-refractivity contribution in [3.05, 3.63) is 30.3 Å². The lowest BCUT2D eigenvalue weighted by atomic mass is 9.84. The number of amides is 2. The van der Waals surface area contributed by atoms with Crippen LogP contribution in [0.4, 0.5) is 10.5 Å². The maximum atomic E-state index is 12.9. The number of anilines is 1. The normalized spacial score (nSPS) is 46.1. The quantitative estimate of drug-likeness (QED) is 0.100. The van der Waals surface area contributed by atoms with Crippen molar-refractivity contribution >= 4 is 11.7 Å². The molecule has 1 saturated carbocycles. The molecule has 4 aliphatic rings. The predicted octanol–water partition coefficient (Wildman–Crippen LogP) is -7.03. The van der Waals surface area contributed by atoms with Crippen molar-refractivity contribution in [1.29, 1.82) is 0 Å². The van der Waals surface area contributed by atoms with Crippen molar-refractivity contribution in [2.45, 2.75) is 123 Å². The second-order valence-corrected chi connectivity index (χ2v) is 13.2. The first-order valence-electron chi connectivity index (χ1n) is 16.7. The number of aliphatic hydroxyl groups excluding tert-OH is 7. The van der Waals surface area contributed by atoms with Crippen LogP contribution in [-0.2, 0) is 28.4 Å². The van der Waals surface area contributed by atoms with Crippen LogP contribution >= 0.6 is 0 Å². The minimum atomic E-state index is -1.71. The summed E-state index contributed by atoms with van der Waals surface area (Å²) in [5.41, 5.74) is 30.4. The molecule has 0 spiro atoms. The molecule has 5 rings (SSSR count). The van der Waals surface area contributed by atoms with Gasteiger partial charge in [0.2, 0.25) is 0 Å². The van der Waals surface area contributed by atoms with Crippen molar-refractivity contribution in [1.82, 2.24) is 5.32 Å². The van der Waals surface area contributed by atoms with Gasteiger partial charge in [-0.3, -0.25) is 0 Å². The first-order valence-corrected chi connectivity index (χ1v) is 16.7. The molecule has 0 bridgehead atoms. The number of benzene rings is 1. The van der Waals surface area contributed by atoms with Crippen molar-refractivity contribution < 1.29 is 69.0 Å². The second-order valence-electron chi connectivity index (χ2n) is 13.2. The fourth-order valence-corrected chi connectivity index (χ4v) is 6.71. The van der Waals surface area contributed by atoms with Gasteiger partial charge in [0.25, 0.3) is 0 Å². The molecule has 2 amide bonds. The highest BCUT2D eigenvalue weighted by Crippen LogP contribution is 2.34. The molecule has 1 aromatic carbocycles. The fourth-order valence-electron chi connectivity index (χ4n) is 6.71. The summed E-state index contributed by atoms with van der Waals surface area (Å²) < 4.78 is 35.4. The summed E-state index contributed by atoms with van der Waals surface area (Å²) in [6.07, 6.45) is -21.2. The first-order chi connectivity index (χ1) is 24.3. The molecule has 0 radical (unpaired) electrons. The van der Waals surface area contributed by atoms with E-state index >= 15 is 0 Å². The van der Waals surface area contributed by atoms with Gasteiger partial charge in [0.05, 0.1) is 18.8 Å². The highest BCUT2D eigenvalue weighted by molar-refractivity contribution is 5.89. The molecule has 19 N–H and O–H groups in total. The molecule has 21 heteroatoms. The van der Waals surface area contributed by atoms with Gasteiger partial charge in [0.15, 0.2) is 18.9 Å². The molecule has 1 aromatic rings. The topological polar surface area (TPSA) is 368 Å². The summed E-state index contributed by atoms with van der Waals surface area (Å²) >= 11 is 0. The molecule has 290 valence electrons. The molecule has 0 aromatic heterocycles. The lowest BCUT2D eigenvalue weighted by Gasteiger charge is -2.47. The van der Waals surface area contributed by atoms with Crippen molar-refractivity contribution in [2.24, 2.45) is 28.7 Å². The van der Waals surface area contributed by atoms with E-state index in [1.54, 1.807) is 30.3 Å². The van der Waals surface area contributed by atoms with Gasteiger partial charge in [-0.05, 0) is 18.6 Å². The Morgan fingerprint density at radius 3 is 1.88 bits per heavy atom. The van der Waals surface area contributed by atoms with Crippen LogP contribution in [0.3, 0.4) is 0 Å². The lowest BCUT2D eigenvalue weighted by Crippen LogP contribution is -2.68. The van der Waals surface area contributed by atoms with Gasteiger partial charge in [-0.2, -0.15) is 0 Å². The van der Waals surface area contributed by atoms with Gasteiger partial charge in [-0.25, -0.2) is 4.79 Å². The Labute approximate surface area is 292 Å². The van der Waals surface area contributed by atoms with Crippen LogP contribution < -0.4 is 39.3 Å². The van der Waals surface area contributed by atoms with Crippen LogP contribution in [0.5, 0.6) is 0 Å². The Kier molecular flexibility index (Phi) is 13.5. The van der Waals surface area contributed by atoms with Gasteiger partial charge in [-0.15, -0.1) is 0 Å². The van der Waals surface area contributed by atoms with Crippen LogP contribution in [0.25, 0.3) is 0 Å². The van der Waals surface area contributed by atoms with Gasteiger partial charge in [0, 0.05) is 30.9 Å². The molecule has 4 fully saturated rings. The van der Waals surface area contributed by atoms with E-state index < -0.39 is 129 Å². The van der Waals surface area contributed by atoms with E-state index in [0.717, 1.165) is 0 Å². The van der Waals surface area contributed by atoms with Crippen LogP contribution in [0.2, 0.25) is 0 Å². The van der Waals surface area contributed by atoms with E-state index in [2.05, 4.69) is 10.6 Å². The number of carbonyl (C=O) groups excluding carboxylic acids is 1. The number of urea groups is 1. The zero-order valence-electron chi connectivity index (χ0n) is 27.6. The third kappa shape index (κ3) is 8.62. The van der Waals surface area contributed by atoms with Crippen LogP contribution in [0, 0.1) is 0 Å². The van der Waals surface area contributed by atoms with Crippen molar-refractivity contribution in [3.8, 4) is 0 Å². The Morgan fingerprint density at radius 2 is 1.25 bits per heavy atom. The van der Waals surface area contributed by atoms with E-state index in [4.69, 9.17) is 57.1 Å². The number of ether oxygens (including phenoxy) is 6.